The van der Waals surface area contributed by atoms with Crippen molar-refractivity contribution in [2.75, 3.05) is 13.1 Å². The van der Waals surface area contributed by atoms with E-state index < -0.39 is 0 Å². The third-order valence-corrected chi connectivity index (χ3v) is 2.53. The van der Waals surface area contributed by atoms with Crippen LogP contribution in [0, 0.1) is 5.92 Å². The number of nitrogens with one attached hydrogen (secondary N) is 1. The number of amides is 1. The lowest BCUT2D eigenvalue weighted by atomic mass is 10.0. The van der Waals surface area contributed by atoms with Gasteiger partial charge in [0.2, 0.25) is 5.91 Å². The quantitative estimate of drug-likeness (QED) is 0.650. The molecule has 12 heavy (non-hydrogen) atoms. The van der Waals surface area contributed by atoms with Crippen LogP contribution in [0.2, 0.25) is 0 Å². The lowest BCUT2D eigenvalue weighted by Crippen LogP contribution is -2.31. The SMILES string of the molecule is NCC(=O)NCCC1CCCC1. The first-order chi connectivity index (χ1) is 5.83. The third-order valence-electron chi connectivity index (χ3n) is 2.53. The highest BCUT2D eigenvalue weighted by Gasteiger charge is 2.14. The first-order valence-corrected chi connectivity index (χ1v) is 4.79. The molecule has 0 unspecified atom stereocenters. The minimum Gasteiger partial charge on any atom is -0.355 e. The zero-order valence-electron chi connectivity index (χ0n) is 7.51. The number of hydrogen-bond acceptors (Lipinski definition) is 2. The summed E-state index contributed by atoms with van der Waals surface area (Å²) in [5.41, 5.74) is 5.15. The fourth-order valence-electron chi connectivity index (χ4n) is 1.79. The van der Waals surface area contributed by atoms with Crippen LogP contribution >= 0.6 is 0 Å². The van der Waals surface area contributed by atoms with Gasteiger partial charge >= 0.3 is 0 Å². The third kappa shape index (κ3) is 3.22. The van der Waals surface area contributed by atoms with Crippen LogP contribution in [0.25, 0.3) is 0 Å². The van der Waals surface area contributed by atoms with E-state index in [1.54, 1.807) is 0 Å². The Morgan fingerprint density at radius 3 is 2.67 bits per heavy atom. The second kappa shape index (κ2) is 5.14. The summed E-state index contributed by atoms with van der Waals surface area (Å²) in [5.74, 6) is 0.816. The Bertz CT molecular complexity index is 141. The second-order valence-corrected chi connectivity index (χ2v) is 3.49. The molecule has 1 saturated carbocycles. The average molecular weight is 170 g/mol. The molecule has 1 aliphatic carbocycles. The number of carbonyl (C=O) groups is 1. The Morgan fingerprint density at radius 2 is 2.08 bits per heavy atom. The van der Waals surface area contributed by atoms with Gasteiger partial charge in [-0.1, -0.05) is 25.7 Å². The van der Waals surface area contributed by atoms with Crippen molar-refractivity contribution < 1.29 is 4.79 Å². The Labute approximate surface area is 73.7 Å². The van der Waals surface area contributed by atoms with E-state index in [1.165, 1.54) is 25.7 Å². The fourth-order valence-corrected chi connectivity index (χ4v) is 1.79. The smallest absolute Gasteiger partial charge is 0.233 e. The number of rotatable bonds is 4. The molecule has 3 heteroatoms. The topological polar surface area (TPSA) is 55.1 Å². The molecule has 3 N–H and O–H groups in total. The van der Waals surface area contributed by atoms with Crippen LogP contribution in [-0.4, -0.2) is 19.0 Å². The van der Waals surface area contributed by atoms with E-state index in [1.807, 2.05) is 0 Å². The molecule has 1 rings (SSSR count). The summed E-state index contributed by atoms with van der Waals surface area (Å²) in [4.78, 5) is 10.7. The lowest BCUT2D eigenvalue weighted by molar-refractivity contribution is -0.119. The van der Waals surface area contributed by atoms with Crippen molar-refractivity contribution in [3.8, 4) is 0 Å². The van der Waals surface area contributed by atoms with E-state index in [4.69, 9.17) is 5.73 Å². The molecule has 0 spiro atoms. The normalized spacial score (nSPS) is 18.1. The number of nitrogens with two attached hydrogens (primary N) is 1. The van der Waals surface area contributed by atoms with Crippen molar-refractivity contribution in [1.29, 1.82) is 0 Å². The predicted molar refractivity (Wildman–Crippen MR) is 48.6 cm³/mol. The molecule has 0 saturated heterocycles. The summed E-state index contributed by atoms with van der Waals surface area (Å²) in [6.07, 6.45) is 6.56. The molecule has 0 aliphatic heterocycles. The van der Waals surface area contributed by atoms with Crippen LogP contribution in [0.1, 0.15) is 32.1 Å². The summed E-state index contributed by atoms with van der Waals surface area (Å²) >= 11 is 0. The van der Waals surface area contributed by atoms with Gasteiger partial charge in [-0.25, -0.2) is 0 Å². The van der Waals surface area contributed by atoms with Gasteiger partial charge in [0.05, 0.1) is 6.54 Å². The largest absolute Gasteiger partial charge is 0.355 e. The Kier molecular flexibility index (Phi) is 4.08. The minimum absolute atomic E-state index is 0.0343. The van der Waals surface area contributed by atoms with Gasteiger partial charge in [0.1, 0.15) is 0 Å². The van der Waals surface area contributed by atoms with Gasteiger partial charge in [-0.3, -0.25) is 4.79 Å². The monoisotopic (exact) mass is 170 g/mol. The van der Waals surface area contributed by atoms with E-state index in [-0.39, 0.29) is 12.5 Å². The van der Waals surface area contributed by atoms with E-state index in [0.717, 1.165) is 18.9 Å². The number of carbonyl (C=O) groups excluding carboxylic acids is 1. The molecular weight excluding hydrogens is 152 g/mol. The molecule has 0 aromatic heterocycles. The Hall–Kier alpha value is -0.570. The highest BCUT2D eigenvalue weighted by Crippen LogP contribution is 2.26. The average Bonchev–Trinajstić information content (AvgIpc) is 2.57. The van der Waals surface area contributed by atoms with Crippen LogP contribution in [0.3, 0.4) is 0 Å². The molecule has 0 heterocycles. The van der Waals surface area contributed by atoms with Crippen molar-refractivity contribution >= 4 is 5.91 Å². The maximum absolute atomic E-state index is 10.7. The van der Waals surface area contributed by atoms with Crippen LogP contribution in [0.4, 0.5) is 0 Å². The van der Waals surface area contributed by atoms with Crippen LogP contribution < -0.4 is 11.1 Å². The molecule has 0 atom stereocenters. The highest BCUT2D eigenvalue weighted by atomic mass is 16.1. The van der Waals surface area contributed by atoms with Crippen molar-refractivity contribution in [1.82, 2.24) is 5.32 Å². The van der Waals surface area contributed by atoms with E-state index in [0.29, 0.717) is 0 Å². The summed E-state index contributed by atoms with van der Waals surface area (Å²) in [6.45, 7) is 0.922. The van der Waals surface area contributed by atoms with Gasteiger partial charge in [0.15, 0.2) is 0 Å². The second-order valence-electron chi connectivity index (χ2n) is 3.49. The zero-order valence-corrected chi connectivity index (χ0v) is 7.51. The molecular formula is C9H18N2O. The lowest BCUT2D eigenvalue weighted by Gasteiger charge is -2.08. The Balaban J connectivity index is 1.97. The molecule has 0 aromatic rings. The van der Waals surface area contributed by atoms with Gasteiger partial charge in [-0.15, -0.1) is 0 Å². The molecule has 1 fully saturated rings. The summed E-state index contributed by atoms with van der Waals surface area (Å²) in [7, 11) is 0. The van der Waals surface area contributed by atoms with Gasteiger partial charge in [-0.05, 0) is 12.3 Å². The molecule has 0 bridgehead atoms. The van der Waals surface area contributed by atoms with Crippen LogP contribution in [0.5, 0.6) is 0 Å². The van der Waals surface area contributed by atoms with Crippen molar-refractivity contribution in [2.24, 2.45) is 11.7 Å². The fraction of sp³-hybridized carbons (Fsp3) is 0.889. The molecule has 0 aromatic carbocycles. The van der Waals surface area contributed by atoms with Crippen molar-refractivity contribution in [2.45, 2.75) is 32.1 Å². The van der Waals surface area contributed by atoms with Gasteiger partial charge < -0.3 is 11.1 Å². The zero-order chi connectivity index (χ0) is 8.81. The van der Waals surface area contributed by atoms with Crippen LogP contribution in [-0.2, 0) is 4.79 Å². The van der Waals surface area contributed by atoms with Crippen molar-refractivity contribution in [3.05, 3.63) is 0 Å². The summed E-state index contributed by atoms with van der Waals surface area (Å²) < 4.78 is 0. The van der Waals surface area contributed by atoms with E-state index in [9.17, 15) is 4.79 Å². The minimum atomic E-state index is -0.0343. The molecule has 70 valence electrons. The van der Waals surface area contributed by atoms with E-state index >= 15 is 0 Å². The standard InChI is InChI=1S/C9H18N2O/c10-7-9(12)11-6-5-8-3-1-2-4-8/h8H,1-7,10H2,(H,11,12). The van der Waals surface area contributed by atoms with Crippen molar-refractivity contribution in [3.63, 3.8) is 0 Å². The predicted octanol–water partition coefficient (Wildman–Crippen LogP) is 0.642. The van der Waals surface area contributed by atoms with Gasteiger partial charge in [-0.2, -0.15) is 0 Å². The van der Waals surface area contributed by atoms with E-state index in [2.05, 4.69) is 5.32 Å². The first-order valence-electron chi connectivity index (χ1n) is 4.79. The summed E-state index contributed by atoms with van der Waals surface area (Å²) in [5, 5.41) is 2.80. The highest BCUT2D eigenvalue weighted by molar-refractivity contribution is 5.77. The maximum atomic E-state index is 10.7. The number of hydrogen-bond donors (Lipinski definition) is 2. The maximum Gasteiger partial charge on any atom is 0.233 e. The van der Waals surface area contributed by atoms with Gasteiger partial charge in [0, 0.05) is 6.54 Å². The van der Waals surface area contributed by atoms with Gasteiger partial charge in [0.25, 0.3) is 0 Å². The first kappa shape index (κ1) is 9.52. The summed E-state index contributed by atoms with van der Waals surface area (Å²) in [6, 6.07) is 0. The Morgan fingerprint density at radius 1 is 1.42 bits per heavy atom. The molecule has 1 amide bonds. The molecule has 3 nitrogen and oxygen atoms in total. The van der Waals surface area contributed by atoms with Crippen LogP contribution in [0.15, 0.2) is 0 Å². The molecule has 0 radical (unpaired) electrons. The molecule has 1 aliphatic rings.